The van der Waals surface area contributed by atoms with Crippen molar-refractivity contribution in [3.05, 3.63) is 0 Å². The van der Waals surface area contributed by atoms with Crippen LogP contribution in [0.5, 0.6) is 0 Å². The van der Waals surface area contributed by atoms with Gasteiger partial charge in [0.05, 0.1) is 6.61 Å². The molecule has 0 aliphatic heterocycles. The summed E-state index contributed by atoms with van der Waals surface area (Å²) >= 11 is 0. The number of hydrogen-bond donors (Lipinski definition) is 1. The van der Waals surface area contributed by atoms with Gasteiger partial charge in [-0.25, -0.2) is 0 Å². The average Bonchev–Trinajstić information content (AvgIpc) is 3.06. The zero-order valence-electron chi connectivity index (χ0n) is 10.0. The molecule has 0 aromatic rings. The number of likely N-dealkylation sites (N-methyl/N-ethyl adjacent to an activating group) is 1. The molecule has 3 heteroatoms. The zero-order valence-corrected chi connectivity index (χ0v) is 10.0. The predicted molar refractivity (Wildman–Crippen MR) is 62.0 cm³/mol. The van der Waals surface area contributed by atoms with E-state index in [4.69, 9.17) is 4.74 Å². The minimum absolute atomic E-state index is 0.577. The predicted octanol–water partition coefficient (Wildman–Crippen LogP) is 1.10. The summed E-state index contributed by atoms with van der Waals surface area (Å²) < 4.78 is 5.34. The molecule has 0 heterocycles. The van der Waals surface area contributed by atoms with E-state index in [9.17, 15) is 0 Å². The summed E-state index contributed by atoms with van der Waals surface area (Å²) in [4.78, 5) is 2.69. The highest BCUT2D eigenvalue weighted by molar-refractivity contribution is 4.92. The molecule has 2 saturated carbocycles. The quantitative estimate of drug-likeness (QED) is 0.652. The maximum atomic E-state index is 5.34. The molecule has 2 aliphatic rings. The normalized spacial score (nSPS) is 23.4. The molecule has 0 aromatic heterocycles. The first-order valence-corrected chi connectivity index (χ1v) is 6.24. The maximum Gasteiger partial charge on any atom is 0.0630 e. The van der Waals surface area contributed by atoms with Gasteiger partial charge in [-0.15, -0.1) is 0 Å². The summed E-state index contributed by atoms with van der Waals surface area (Å²) in [6.45, 7) is 3.22. The highest BCUT2D eigenvalue weighted by Crippen LogP contribution is 2.35. The molecule has 0 bridgehead atoms. The van der Waals surface area contributed by atoms with E-state index >= 15 is 0 Å². The van der Waals surface area contributed by atoms with E-state index in [2.05, 4.69) is 10.2 Å². The Hall–Kier alpha value is -0.120. The summed E-state index contributed by atoms with van der Waals surface area (Å²) in [5.74, 6) is 0.988. The van der Waals surface area contributed by atoms with Crippen molar-refractivity contribution >= 4 is 0 Å². The molecule has 0 radical (unpaired) electrons. The van der Waals surface area contributed by atoms with Gasteiger partial charge in [-0.05, 0) is 38.6 Å². The van der Waals surface area contributed by atoms with E-state index in [0.29, 0.717) is 6.04 Å². The van der Waals surface area contributed by atoms with Gasteiger partial charge in [0.1, 0.15) is 0 Å². The van der Waals surface area contributed by atoms with Crippen molar-refractivity contribution in [3.8, 4) is 0 Å². The number of nitrogens with one attached hydrogen (secondary N) is 1. The Kier molecular flexibility index (Phi) is 4.00. The van der Waals surface area contributed by atoms with E-state index < -0.39 is 0 Å². The first-order chi connectivity index (χ1) is 7.35. The standard InChI is InChI=1S/C12H24N2O/c1-13-7-12(9-15-2)14(11-5-6-11)8-10-3-4-10/h10-13H,3-9H2,1-2H3. The van der Waals surface area contributed by atoms with Crippen LogP contribution in [-0.2, 0) is 4.74 Å². The third-order valence-corrected chi connectivity index (χ3v) is 3.45. The van der Waals surface area contributed by atoms with Gasteiger partial charge in [0, 0.05) is 32.3 Å². The number of methoxy groups -OCH3 is 1. The monoisotopic (exact) mass is 212 g/mol. The molecule has 1 N–H and O–H groups in total. The third kappa shape index (κ3) is 3.44. The molecule has 2 rings (SSSR count). The molecule has 2 aliphatic carbocycles. The number of nitrogens with zero attached hydrogens (tertiary/aromatic N) is 1. The van der Waals surface area contributed by atoms with Gasteiger partial charge in [0.25, 0.3) is 0 Å². The highest BCUT2D eigenvalue weighted by Gasteiger charge is 2.37. The second-order valence-electron chi connectivity index (χ2n) is 5.04. The van der Waals surface area contributed by atoms with Crippen LogP contribution in [0.3, 0.4) is 0 Å². The van der Waals surface area contributed by atoms with E-state index in [1.54, 1.807) is 0 Å². The minimum atomic E-state index is 0.577. The molecule has 1 unspecified atom stereocenters. The van der Waals surface area contributed by atoms with Crippen LogP contribution in [-0.4, -0.2) is 50.8 Å². The van der Waals surface area contributed by atoms with Crippen molar-refractivity contribution in [1.29, 1.82) is 0 Å². The average molecular weight is 212 g/mol. The molecule has 0 spiro atoms. The Morgan fingerprint density at radius 1 is 1.33 bits per heavy atom. The molecular weight excluding hydrogens is 188 g/mol. The summed E-state index contributed by atoms with van der Waals surface area (Å²) in [6.07, 6.45) is 5.69. The maximum absolute atomic E-state index is 5.34. The van der Waals surface area contributed by atoms with Gasteiger partial charge < -0.3 is 10.1 Å². The van der Waals surface area contributed by atoms with Gasteiger partial charge in [0.15, 0.2) is 0 Å². The molecule has 3 nitrogen and oxygen atoms in total. The first kappa shape index (κ1) is 11.4. The van der Waals surface area contributed by atoms with E-state index in [1.807, 2.05) is 14.2 Å². The topological polar surface area (TPSA) is 24.5 Å². The lowest BCUT2D eigenvalue weighted by Gasteiger charge is -2.31. The van der Waals surface area contributed by atoms with E-state index in [1.165, 1.54) is 32.2 Å². The van der Waals surface area contributed by atoms with Crippen molar-refractivity contribution in [3.63, 3.8) is 0 Å². The number of ether oxygens (including phenoxy) is 1. The Balaban J connectivity index is 1.85. The molecule has 15 heavy (non-hydrogen) atoms. The first-order valence-electron chi connectivity index (χ1n) is 6.24. The fourth-order valence-electron chi connectivity index (χ4n) is 2.30. The summed E-state index contributed by atoms with van der Waals surface area (Å²) in [5, 5.41) is 3.29. The van der Waals surface area contributed by atoms with Gasteiger partial charge >= 0.3 is 0 Å². The van der Waals surface area contributed by atoms with Crippen LogP contribution in [0.2, 0.25) is 0 Å². The van der Waals surface area contributed by atoms with Crippen LogP contribution in [0.15, 0.2) is 0 Å². The van der Waals surface area contributed by atoms with Crippen LogP contribution >= 0.6 is 0 Å². The molecule has 0 amide bonds. The summed E-state index contributed by atoms with van der Waals surface area (Å²) in [7, 11) is 3.84. The number of rotatable bonds is 8. The van der Waals surface area contributed by atoms with Gasteiger partial charge in [-0.3, -0.25) is 4.90 Å². The molecule has 0 saturated heterocycles. The Bertz CT molecular complexity index is 184. The molecule has 0 aromatic carbocycles. The summed E-state index contributed by atoms with van der Waals surface area (Å²) in [5.41, 5.74) is 0. The van der Waals surface area contributed by atoms with Crippen molar-refractivity contribution in [1.82, 2.24) is 10.2 Å². The van der Waals surface area contributed by atoms with Crippen molar-refractivity contribution < 1.29 is 4.74 Å². The fourth-order valence-corrected chi connectivity index (χ4v) is 2.30. The van der Waals surface area contributed by atoms with Crippen LogP contribution in [0.1, 0.15) is 25.7 Å². The van der Waals surface area contributed by atoms with E-state index in [-0.39, 0.29) is 0 Å². The van der Waals surface area contributed by atoms with Crippen molar-refractivity contribution in [2.75, 3.05) is 33.9 Å². The molecule has 1 atom stereocenters. The van der Waals surface area contributed by atoms with Crippen LogP contribution < -0.4 is 5.32 Å². The zero-order chi connectivity index (χ0) is 10.7. The number of hydrogen-bond acceptors (Lipinski definition) is 3. The fraction of sp³-hybridized carbons (Fsp3) is 1.00. The van der Waals surface area contributed by atoms with Crippen LogP contribution in [0.4, 0.5) is 0 Å². The van der Waals surface area contributed by atoms with Crippen LogP contribution in [0, 0.1) is 5.92 Å². The van der Waals surface area contributed by atoms with Crippen molar-refractivity contribution in [2.45, 2.75) is 37.8 Å². The molecule has 2 fully saturated rings. The van der Waals surface area contributed by atoms with Gasteiger partial charge in [0.2, 0.25) is 0 Å². The SMILES string of the molecule is CNCC(COC)N(CC1CC1)C1CC1. The second kappa shape index (κ2) is 5.28. The lowest BCUT2D eigenvalue weighted by molar-refractivity contribution is 0.0816. The summed E-state index contributed by atoms with van der Waals surface area (Å²) in [6, 6.07) is 1.44. The molecule has 88 valence electrons. The third-order valence-electron chi connectivity index (χ3n) is 3.45. The Morgan fingerprint density at radius 2 is 2.07 bits per heavy atom. The smallest absolute Gasteiger partial charge is 0.0630 e. The minimum Gasteiger partial charge on any atom is -0.383 e. The van der Waals surface area contributed by atoms with E-state index in [0.717, 1.165) is 25.1 Å². The van der Waals surface area contributed by atoms with Gasteiger partial charge in [-0.1, -0.05) is 0 Å². The Morgan fingerprint density at radius 3 is 2.53 bits per heavy atom. The van der Waals surface area contributed by atoms with Crippen molar-refractivity contribution in [2.24, 2.45) is 5.92 Å². The second-order valence-corrected chi connectivity index (χ2v) is 5.04. The lowest BCUT2D eigenvalue weighted by Crippen LogP contribution is -2.46. The molecular formula is C12H24N2O. The largest absolute Gasteiger partial charge is 0.383 e. The Labute approximate surface area is 93.2 Å². The lowest BCUT2D eigenvalue weighted by atomic mass is 10.2. The van der Waals surface area contributed by atoms with Crippen LogP contribution in [0.25, 0.3) is 0 Å². The van der Waals surface area contributed by atoms with Gasteiger partial charge in [-0.2, -0.15) is 0 Å². The highest BCUT2D eigenvalue weighted by atomic mass is 16.5.